The number of anilines is 1. The van der Waals surface area contributed by atoms with Gasteiger partial charge in [0, 0.05) is 12.1 Å². The van der Waals surface area contributed by atoms with E-state index in [4.69, 9.17) is 5.73 Å². The topological polar surface area (TPSA) is 96.2 Å². The molecule has 5 N–H and O–H groups in total. The fraction of sp³-hybridized carbons (Fsp3) is 0.500. The minimum atomic E-state index is -0.587. The molecule has 2 atom stereocenters. The third-order valence-electron chi connectivity index (χ3n) is 4.00. The fourth-order valence-electron chi connectivity index (χ4n) is 2.69. The highest BCUT2D eigenvalue weighted by molar-refractivity contribution is 5.87. The normalized spacial score (nSPS) is 17.9. The number of halogens is 1. The Balaban J connectivity index is 0.00000264. The quantitative estimate of drug-likeness (QED) is 0.639. The van der Waals surface area contributed by atoms with Gasteiger partial charge in [0.1, 0.15) is 0 Å². The van der Waals surface area contributed by atoms with E-state index in [1.54, 1.807) is 12.1 Å². The molecule has 2 unspecified atom stereocenters. The number of carbonyl (C=O) groups excluding carboxylic acids is 2. The molecule has 0 spiro atoms. The molecule has 1 aromatic rings. The molecule has 0 saturated carbocycles. The number of amides is 3. The first-order chi connectivity index (χ1) is 10.5. The van der Waals surface area contributed by atoms with Gasteiger partial charge in [0.25, 0.3) is 0 Å². The number of rotatable bonds is 6. The van der Waals surface area contributed by atoms with Crippen LogP contribution in [-0.2, 0) is 4.79 Å². The van der Waals surface area contributed by atoms with Crippen LogP contribution < -0.4 is 21.7 Å². The number of carbonyl (C=O) groups is 2. The van der Waals surface area contributed by atoms with Crippen LogP contribution >= 0.6 is 12.4 Å². The molecule has 2 rings (SSSR count). The summed E-state index contributed by atoms with van der Waals surface area (Å²) in [6.07, 6.45) is 2.67. The van der Waals surface area contributed by atoms with Crippen molar-refractivity contribution in [2.24, 2.45) is 11.7 Å². The molecule has 7 heteroatoms. The average Bonchev–Trinajstić information content (AvgIpc) is 2.98. The van der Waals surface area contributed by atoms with Crippen molar-refractivity contribution in [3.63, 3.8) is 0 Å². The molecule has 128 valence electrons. The van der Waals surface area contributed by atoms with Crippen LogP contribution in [-0.4, -0.2) is 25.0 Å². The van der Waals surface area contributed by atoms with E-state index in [0.29, 0.717) is 18.0 Å². The van der Waals surface area contributed by atoms with E-state index in [-0.39, 0.29) is 24.4 Å². The molecule has 0 aromatic heterocycles. The molecule has 3 amide bonds. The summed E-state index contributed by atoms with van der Waals surface area (Å²) in [6.45, 7) is 4.04. The van der Waals surface area contributed by atoms with Crippen LogP contribution in [0.4, 0.5) is 10.5 Å². The zero-order chi connectivity index (χ0) is 15.9. The Kier molecular flexibility index (Phi) is 7.85. The van der Waals surface area contributed by atoms with Crippen molar-refractivity contribution in [3.8, 4) is 0 Å². The number of nitrogens with two attached hydrogens (primary N) is 1. The highest BCUT2D eigenvalue weighted by Crippen LogP contribution is 2.17. The highest BCUT2D eigenvalue weighted by atomic mass is 35.5. The average molecular weight is 341 g/mol. The number of hydrogen-bond donors (Lipinski definition) is 4. The van der Waals surface area contributed by atoms with Crippen molar-refractivity contribution in [1.29, 1.82) is 0 Å². The number of benzene rings is 1. The first-order valence-electron chi connectivity index (χ1n) is 7.71. The van der Waals surface area contributed by atoms with E-state index in [1.165, 1.54) is 0 Å². The Bertz CT molecular complexity index is 515. The standard InChI is InChI=1S/C16H24N4O2.ClH/c1-11(13-3-5-14(6-4-13)20-16(17)22)19-15(21)7-2-12-8-9-18-10-12;/h3-6,11-12,18H,2,7-10H2,1H3,(H,19,21)(H3,17,20,22);1H. The number of primary amides is 1. The van der Waals surface area contributed by atoms with Gasteiger partial charge in [0.05, 0.1) is 6.04 Å². The maximum atomic E-state index is 12.0. The zero-order valence-electron chi connectivity index (χ0n) is 13.3. The smallest absolute Gasteiger partial charge is 0.316 e. The predicted molar refractivity (Wildman–Crippen MR) is 93.7 cm³/mol. The van der Waals surface area contributed by atoms with E-state index in [9.17, 15) is 9.59 Å². The highest BCUT2D eigenvalue weighted by Gasteiger charge is 2.16. The minimum Gasteiger partial charge on any atom is -0.351 e. The Morgan fingerprint density at radius 3 is 2.61 bits per heavy atom. The van der Waals surface area contributed by atoms with Crippen LogP contribution in [0.3, 0.4) is 0 Å². The van der Waals surface area contributed by atoms with E-state index >= 15 is 0 Å². The first-order valence-corrected chi connectivity index (χ1v) is 7.71. The molecule has 1 saturated heterocycles. The van der Waals surface area contributed by atoms with E-state index < -0.39 is 6.03 Å². The summed E-state index contributed by atoms with van der Waals surface area (Å²) in [5.74, 6) is 0.707. The predicted octanol–water partition coefficient (Wildman–Crippen LogP) is 2.17. The largest absolute Gasteiger partial charge is 0.351 e. The lowest BCUT2D eigenvalue weighted by Crippen LogP contribution is -2.27. The number of nitrogens with one attached hydrogen (secondary N) is 3. The molecular weight excluding hydrogens is 316 g/mol. The van der Waals surface area contributed by atoms with E-state index in [2.05, 4.69) is 16.0 Å². The Hall–Kier alpha value is -1.79. The molecule has 1 heterocycles. The van der Waals surface area contributed by atoms with Gasteiger partial charge < -0.3 is 21.7 Å². The SMILES string of the molecule is CC(NC(=O)CCC1CCNC1)c1ccc(NC(N)=O)cc1.Cl. The Morgan fingerprint density at radius 2 is 2.04 bits per heavy atom. The van der Waals surface area contributed by atoms with Gasteiger partial charge in [0.15, 0.2) is 0 Å². The Morgan fingerprint density at radius 1 is 1.35 bits per heavy atom. The van der Waals surface area contributed by atoms with Gasteiger partial charge in [-0.2, -0.15) is 0 Å². The van der Waals surface area contributed by atoms with Crippen molar-refractivity contribution < 1.29 is 9.59 Å². The molecule has 0 radical (unpaired) electrons. The van der Waals surface area contributed by atoms with E-state index in [0.717, 1.165) is 31.5 Å². The first kappa shape index (κ1) is 19.3. The number of urea groups is 1. The molecule has 1 fully saturated rings. The molecule has 1 aliphatic heterocycles. The van der Waals surface area contributed by atoms with Gasteiger partial charge >= 0.3 is 6.03 Å². The van der Waals surface area contributed by atoms with Crippen LogP contribution in [0.2, 0.25) is 0 Å². The van der Waals surface area contributed by atoms with Crippen molar-refractivity contribution in [2.45, 2.75) is 32.2 Å². The van der Waals surface area contributed by atoms with Crippen molar-refractivity contribution in [3.05, 3.63) is 29.8 Å². The van der Waals surface area contributed by atoms with Crippen molar-refractivity contribution >= 4 is 30.0 Å². The van der Waals surface area contributed by atoms with Gasteiger partial charge in [-0.15, -0.1) is 12.4 Å². The molecule has 6 nitrogen and oxygen atoms in total. The Labute approximate surface area is 143 Å². The van der Waals surface area contributed by atoms with Crippen LogP contribution in [0.1, 0.15) is 37.8 Å². The summed E-state index contributed by atoms with van der Waals surface area (Å²) in [4.78, 5) is 22.8. The summed E-state index contributed by atoms with van der Waals surface area (Å²) in [5.41, 5.74) is 6.70. The molecular formula is C16H25ClN4O2. The lowest BCUT2D eigenvalue weighted by atomic mass is 10.0. The van der Waals surface area contributed by atoms with Crippen LogP contribution in [0.15, 0.2) is 24.3 Å². The second-order valence-corrected chi connectivity index (χ2v) is 5.80. The molecule has 1 aromatic carbocycles. The fourth-order valence-corrected chi connectivity index (χ4v) is 2.69. The lowest BCUT2D eigenvalue weighted by Gasteiger charge is -2.16. The van der Waals surface area contributed by atoms with Crippen molar-refractivity contribution in [1.82, 2.24) is 10.6 Å². The van der Waals surface area contributed by atoms with Crippen molar-refractivity contribution in [2.75, 3.05) is 18.4 Å². The second kappa shape index (κ2) is 9.37. The lowest BCUT2D eigenvalue weighted by molar-refractivity contribution is -0.122. The molecule has 23 heavy (non-hydrogen) atoms. The molecule has 1 aliphatic rings. The van der Waals surface area contributed by atoms with E-state index in [1.807, 2.05) is 19.1 Å². The van der Waals surface area contributed by atoms with Gasteiger partial charge in [-0.3, -0.25) is 4.79 Å². The van der Waals surface area contributed by atoms with Gasteiger partial charge in [0.2, 0.25) is 5.91 Å². The zero-order valence-corrected chi connectivity index (χ0v) is 14.1. The van der Waals surface area contributed by atoms with Gasteiger partial charge in [-0.1, -0.05) is 12.1 Å². The number of hydrogen-bond acceptors (Lipinski definition) is 3. The summed E-state index contributed by atoms with van der Waals surface area (Å²) in [7, 11) is 0. The van der Waals surface area contributed by atoms with Gasteiger partial charge in [-0.05, 0) is 56.5 Å². The molecule has 0 bridgehead atoms. The third kappa shape index (κ3) is 6.46. The van der Waals surface area contributed by atoms with Crippen LogP contribution in [0, 0.1) is 5.92 Å². The third-order valence-corrected chi connectivity index (χ3v) is 4.00. The summed E-state index contributed by atoms with van der Waals surface area (Å²) < 4.78 is 0. The summed E-state index contributed by atoms with van der Waals surface area (Å²) in [6, 6.07) is 6.64. The maximum absolute atomic E-state index is 12.0. The summed E-state index contributed by atoms with van der Waals surface area (Å²) in [5, 5.41) is 8.83. The summed E-state index contributed by atoms with van der Waals surface area (Å²) >= 11 is 0. The van der Waals surface area contributed by atoms with Gasteiger partial charge in [-0.25, -0.2) is 4.79 Å². The maximum Gasteiger partial charge on any atom is 0.316 e. The molecule has 0 aliphatic carbocycles. The monoisotopic (exact) mass is 340 g/mol. The van der Waals surface area contributed by atoms with Crippen LogP contribution in [0.5, 0.6) is 0 Å². The second-order valence-electron chi connectivity index (χ2n) is 5.80. The minimum absolute atomic E-state index is 0. The van der Waals surface area contributed by atoms with Crippen LogP contribution in [0.25, 0.3) is 0 Å².